The molecule has 0 saturated carbocycles. The van der Waals surface area contributed by atoms with E-state index in [1.54, 1.807) is 0 Å². The fourth-order valence-electron chi connectivity index (χ4n) is 2.70. The van der Waals surface area contributed by atoms with Crippen LogP contribution in [-0.4, -0.2) is 31.1 Å². The van der Waals surface area contributed by atoms with Crippen LogP contribution in [0.5, 0.6) is 0 Å². The normalized spacial score (nSPS) is 13.7. The van der Waals surface area contributed by atoms with E-state index >= 15 is 0 Å². The number of furan rings is 1. The van der Waals surface area contributed by atoms with Crippen LogP contribution in [0.1, 0.15) is 39.5 Å². The number of para-hydroxylation sites is 1. The number of benzene rings is 1. The minimum atomic E-state index is 0.221. The van der Waals surface area contributed by atoms with E-state index in [9.17, 15) is 0 Å². The molecule has 0 bridgehead atoms. The van der Waals surface area contributed by atoms with E-state index in [0.717, 1.165) is 24.4 Å². The third-order valence-corrected chi connectivity index (χ3v) is 3.88. The molecule has 1 aromatic heterocycles. The van der Waals surface area contributed by atoms with Gasteiger partial charge in [-0.15, -0.1) is 0 Å². The first-order chi connectivity index (χ1) is 10.0. The van der Waals surface area contributed by atoms with Gasteiger partial charge in [0, 0.05) is 24.5 Å². The Hall–Kier alpha value is -1.32. The molecule has 116 valence electrons. The Kier molecular flexibility index (Phi) is 5.43. The molecule has 3 nitrogen and oxygen atoms in total. The number of fused-ring (bicyclic) bond motifs is 1. The highest BCUT2D eigenvalue weighted by Gasteiger charge is 2.20. The third-order valence-electron chi connectivity index (χ3n) is 3.88. The summed E-state index contributed by atoms with van der Waals surface area (Å²) in [6.45, 7) is 11.1. The van der Waals surface area contributed by atoms with Crippen LogP contribution in [-0.2, 0) is 0 Å². The fourth-order valence-corrected chi connectivity index (χ4v) is 2.70. The first-order valence-electron chi connectivity index (χ1n) is 7.91. The first kappa shape index (κ1) is 16.1. The Labute approximate surface area is 128 Å². The highest BCUT2D eigenvalue weighted by molar-refractivity contribution is 5.77. The van der Waals surface area contributed by atoms with E-state index in [1.165, 1.54) is 5.39 Å². The molecule has 0 radical (unpaired) electrons. The number of hydrogen-bond donors (Lipinski definition) is 1. The van der Waals surface area contributed by atoms with Crippen LogP contribution in [0, 0.1) is 5.92 Å². The summed E-state index contributed by atoms with van der Waals surface area (Å²) in [5.41, 5.74) is 0.965. The van der Waals surface area contributed by atoms with Crippen LogP contribution in [0.3, 0.4) is 0 Å². The average molecular weight is 288 g/mol. The first-order valence-corrected chi connectivity index (χ1v) is 7.91. The van der Waals surface area contributed by atoms with Gasteiger partial charge in [-0.1, -0.05) is 32.0 Å². The predicted molar refractivity (Wildman–Crippen MR) is 89.6 cm³/mol. The fraction of sp³-hybridized carbons (Fsp3) is 0.556. The molecule has 0 aliphatic heterocycles. The SMILES string of the molecule is CNC(CN(CC(C)C)C(C)C)c1cc2ccccc2o1. The summed E-state index contributed by atoms with van der Waals surface area (Å²) in [7, 11) is 2.01. The van der Waals surface area contributed by atoms with E-state index in [4.69, 9.17) is 4.42 Å². The summed E-state index contributed by atoms with van der Waals surface area (Å²) < 4.78 is 6.02. The Morgan fingerprint density at radius 2 is 1.81 bits per heavy atom. The molecule has 21 heavy (non-hydrogen) atoms. The van der Waals surface area contributed by atoms with Crippen LogP contribution in [0.15, 0.2) is 34.7 Å². The van der Waals surface area contributed by atoms with Crippen LogP contribution >= 0.6 is 0 Å². The van der Waals surface area contributed by atoms with Crippen molar-refractivity contribution in [3.8, 4) is 0 Å². The van der Waals surface area contributed by atoms with E-state index in [0.29, 0.717) is 12.0 Å². The molecule has 0 aliphatic rings. The lowest BCUT2D eigenvalue weighted by molar-refractivity contribution is 0.173. The van der Waals surface area contributed by atoms with Crippen LogP contribution in [0.4, 0.5) is 0 Å². The molecule has 0 aliphatic carbocycles. The smallest absolute Gasteiger partial charge is 0.134 e. The minimum absolute atomic E-state index is 0.221. The van der Waals surface area contributed by atoms with Gasteiger partial charge in [0.2, 0.25) is 0 Å². The summed E-state index contributed by atoms with van der Waals surface area (Å²) in [4.78, 5) is 2.51. The van der Waals surface area contributed by atoms with Gasteiger partial charge in [-0.25, -0.2) is 0 Å². The summed E-state index contributed by atoms with van der Waals surface area (Å²) in [6, 6.07) is 11.1. The number of likely N-dealkylation sites (N-methyl/N-ethyl adjacent to an activating group) is 1. The molecule has 3 heteroatoms. The molecule has 0 fully saturated rings. The van der Waals surface area contributed by atoms with Gasteiger partial charge in [-0.05, 0) is 38.9 Å². The Morgan fingerprint density at radius 1 is 1.10 bits per heavy atom. The lowest BCUT2D eigenvalue weighted by Gasteiger charge is -2.31. The van der Waals surface area contributed by atoms with Gasteiger partial charge in [0.1, 0.15) is 11.3 Å². The second-order valence-electron chi connectivity index (χ2n) is 6.47. The van der Waals surface area contributed by atoms with Crippen molar-refractivity contribution in [2.45, 2.75) is 39.8 Å². The molecule has 1 N–H and O–H groups in total. The zero-order chi connectivity index (χ0) is 15.4. The number of hydrogen-bond acceptors (Lipinski definition) is 3. The maximum atomic E-state index is 6.02. The lowest BCUT2D eigenvalue weighted by atomic mass is 10.1. The predicted octanol–water partition coefficient (Wildman–Crippen LogP) is 4.06. The molecule has 0 spiro atoms. The molecule has 0 saturated heterocycles. The highest BCUT2D eigenvalue weighted by Crippen LogP contribution is 2.25. The second kappa shape index (κ2) is 7.10. The van der Waals surface area contributed by atoms with Crippen LogP contribution < -0.4 is 5.32 Å². The zero-order valence-corrected chi connectivity index (χ0v) is 13.9. The van der Waals surface area contributed by atoms with Gasteiger partial charge < -0.3 is 9.73 Å². The van der Waals surface area contributed by atoms with Crippen molar-refractivity contribution in [2.75, 3.05) is 20.1 Å². The van der Waals surface area contributed by atoms with Crippen LogP contribution in [0.2, 0.25) is 0 Å². The van der Waals surface area contributed by atoms with Crippen molar-refractivity contribution >= 4 is 11.0 Å². The van der Waals surface area contributed by atoms with E-state index < -0.39 is 0 Å². The van der Waals surface area contributed by atoms with Gasteiger partial charge in [0.15, 0.2) is 0 Å². The molecule has 0 amide bonds. The van der Waals surface area contributed by atoms with Crippen LogP contribution in [0.25, 0.3) is 11.0 Å². The standard InChI is InChI=1S/C18H28N2O/c1-13(2)11-20(14(3)4)12-16(19-5)18-10-15-8-6-7-9-17(15)21-18/h6-10,13-14,16,19H,11-12H2,1-5H3. The Morgan fingerprint density at radius 3 is 2.38 bits per heavy atom. The third kappa shape index (κ3) is 4.08. The monoisotopic (exact) mass is 288 g/mol. The summed E-state index contributed by atoms with van der Waals surface area (Å²) in [6.07, 6.45) is 0. The van der Waals surface area contributed by atoms with Gasteiger partial charge in [0.25, 0.3) is 0 Å². The molecular formula is C18H28N2O. The van der Waals surface area contributed by atoms with Gasteiger partial charge in [-0.2, -0.15) is 0 Å². The highest BCUT2D eigenvalue weighted by atomic mass is 16.3. The number of rotatable bonds is 7. The van der Waals surface area contributed by atoms with Crippen molar-refractivity contribution in [1.29, 1.82) is 0 Å². The number of nitrogens with one attached hydrogen (secondary N) is 1. The molecule has 2 rings (SSSR count). The summed E-state index contributed by atoms with van der Waals surface area (Å²) in [5.74, 6) is 1.69. The largest absolute Gasteiger partial charge is 0.459 e. The Balaban J connectivity index is 2.17. The quantitative estimate of drug-likeness (QED) is 0.833. The molecule has 1 atom stereocenters. The molecule has 1 aromatic carbocycles. The lowest BCUT2D eigenvalue weighted by Crippen LogP contribution is -2.40. The maximum Gasteiger partial charge on any atom is 0.134 e. The summed E-state index contributed by atoms with van der Waals surface area (Å²) >= 11 is 0. The van der Waals surface area contributed by atoms with Crippen molar-refractivity contribution in [3.63, 3.8) is 0 Å². The molecule has 1 heterocycles. The molecule has 2 aromatic rings. The summed E-state index contributed by atoms with van der Waals surface area (Å²) in [5, 5.41) is 4.58. The molecule has 1 unspecified atom stereocenters. The van der Waals surface area contributed by atoms with Gasteiger partial charge >= 0.3 is 0 Å². The average Bonchev–Trinajstić information content (AvgIpc) is 2.86. The van der Waals surface area contributed by atoms with Crippen molar-refractivity contribution in [3.05, 3.63) is 36.1 Å². The maximum absolute atomic E-state index is 6.02. The van der Waals surface area contributed by atoms with Gasteiger partial charge in [-0.3, -0.25) is 4.90 Å². The number of nitrogens with zero attached hydrogens (tertiary/aromatic N) is 1. The van der Waals surface area contributed by atoms with E-state index in [1.807, 2.05) is 19.2 Å². The van der Waals surface area contributed by atoms with Gasteiger partial charge in [0.05, 0.1) is 6.04 Å². The second-order valence-corrected chi connectivity index (χ2v) is 6.47. The zero-order valence-electron chi connectivity index (χ0n) is 13.9. The van der Waals surface area contributed by atoms with Crippen molar-refractivity contribution in [1.82, 2.24) is 10.2 Å². The Bertz CT molecular complexity index is 526. The topological polar surface area (TPSA) is 28.4 Å². The van der Waals surface area contributed by atoms with E-state index in [2.05, 4.69) is 56.1 Å². The van der Waals surface area contributed by atoms with E-state index in [-0.39, 0.29) is 6.04 Å². The van der Waals surface area contributed by atoms with Crippen molar-refractivity contribution in [2.24, 2.45) is 5.92 Å². The molecular weight excluding hydrogens is 260 g/mol. The van der Waals surface area contributed by atoms with Crippen molar-refractivity contribution < 1.29 is 4.42 Å². The minimum Gasteiger partial charge on any atom is -0.459 e.